The summed E-state index contributed by atoms with van der Waals surface area (Å²) < 4.78 is 0. The first-order chi connectivity index (χ1) is 13.3. The number of hydrogen-bond donors (Lipinski definition) is 1. The number of unbranched alkanes of at least 4 members (excludes halogenated alkanes) is 4. The van der Waals surface area contributed by atoms with E-state index in [4.69, 9.17) is 0 Å². The van der Waals surface area contributed by atoms with E-state index < -0.39 is 6.23 Å². The number of aryl methyl sites for hydroxylation is 2. The molecule has 0 radical (unpaired) electrons. The predicted octanol–water partition coefficient (Wildman–Crippen LogP) is 6.39. The molecule has 2 aromatic rings. The van der Waals surface area contributed by atoms with Crippen molar-refractivity contribution in [2.24, 2.45) is 0 Å². The van der Waals surface area contributed by atoms with E-state index in [0.29, 0.717) is 0 Å². The van der Waals surface area contributed by atoms with Crippen LogP contribution in [-0.2, 0) is 12.8 Å². The van der Waals surface area contributed by atoms with Crippen molar-refractivity contribution in [3.63, 3.8) is 0 Å². The third kappa shape index (κ3) is 4.92. The van der Waals surface area contributed by atoms with Crippen LogP contribution in [0.2, 0.25) is 0 Å². The maximum atomic E-state index is 11.4. The van der Waals surface area contributed by atoms with Crippen LogP contribution in [0.25, 0.3) is 10.8 Å². The average Bonchev–Trinajstić information content (AvgIpc) is 2.72. The van der Waals surface area contributed by atoms with Gasteiger partial charge >= 0.3 is 0 Å². The molecule has 0 saturated carbocycles. The Morgan fingerprint density at radius 2 is 1.52 bits per heavy atom. The van der Waals surface area contributed by atoms with Crippen molar-refractivity contribution in [3.05, 3.63) is 47.0 Å². The first-order valence-corrected chi connectivity index (χ1v) is 11.2. The molecule has 0 aromatic heterocycles. The van der Waals surface area contributed by atoms with Crippen molar-refractivity contribution in [2.75, 3.05) is 13.1 Å². The zero-order chi connectivity index (χ0) is 19.1. The second-order valence-electron chi connectivity index (χ2n) is 8.18. The minimum absolute atomic E-state index is 0.490. The number of hydrogen-bond acceptors (Lipinski definition) is 2. The Bertz CT molecular complexity index is 714. The summed E-state index contributed by atoms with van der Waals surface area (Å²) in [4.78, 5) is 2.32. The average molecular weight is 368 g/mol. The van der Waals surface area contributed by atoms with Crippen molar-refractivity contribution in [3.8, 4) is 0 Å². The molecule has 1 aliphatic carbocycles. The first-order valence-electron chi connectivity index (χ1n) is 11.2. The number of aliphatic hydroxyl groups is 1. The minimum Gasteiger partial charge on any atom is -0.374 e. The highest BCUT2D eigenvalue weighted by atomic mass is 16.3. The third-order valence-corrected chi connectivity index (χ3v) is 6.13. The highest BCUT2D eigenvalue weighted by molar-refractivity contribution is 5.90. The number of aliphatic hydroxyl groups excluding tert-OH is 1. The van der Waals surface area contributed by atoms with Gasteiger partial charge in [-0.1, -0.05) is 69.9 Å². The third-order valence-electron chi connectivity index (χ3n) is 6.13. The van der Waals surface area contributed by atoms with Gasteiger partial charge in [0.25, 0.3) is 0 Å². The molecule has 0 fully saturated rings. The van der Waals surface area contributed by atoms with E-state index >= 15 is 0 Å². The lowest BCUT2D eigenvalue weighted by Crippen LogP contribution is -2.31. The first kappa shape index (κ1) is 20.4. The SMILES string of the molecule is CCCCCN(CCCCC)[C@H](O)c1cc2c(c3ccccc13)CCCC2. The lowest BCUT2D eigenvalue weighted by atomic mass is 9.85. The molecule has 0 unspecified atom stereocenters. The molecule has 0 aliphatic heterocycles. The van der Waals surface area contributed by atoms with Gasteiger partial charge in [-0.05, 0) is 60.4 Å². The smallest absolute Gasteiger partial charge is 0.134 e. The molecule has 27 heavy (non-hydrogen) atoms. The van der Waals surface area contributed by atoms with Crippen LogP contribution in [0.3, 0.4) is 0 Å². The quantitative estimate of drug-likeness (QED) is 0.388. The normalized spacial score (nSPS) is 15.3. The Hall–Kier alpha value is -1.38. The van der Waals surface area contributed by atoms with Gasteiger partial charge in [-0.3, -0.25) is 4.90 Å². The van der Waals surface area contributed by atoms with Gasteiger partial charge in [0.2, 0.25) is 0 Å². The molecule has 0 saturated heterocycles. The zero-order valence-electron chi connectivity index (χ0n) is 17.3. The summed E-state index contributed by atoms with van der Waals surface area (Å²) in [6.45, 7) is 6.47. The molecule has 1 aliphatic rings. The fourth-order valence-electron chi connectivity index (χ4n) is 4.56. The molecule has 2 aromatic carbocycles. The fourth-order valence-corrected chi connectivity index (χ4v) is 4.56. The lowest BCUT2D eigenvalue weighted by molar-refractivity contribution is 0.000505. The van der Waals surface area contributed by atoms with Gasteiger partial charge < -0.3 is 5.11 Å². The van der Waals surface area contributed by atoms with Gasteiger partial charge in [-0.2, -0.15) is 0 Å². The summed E-state index contributed by atoms with van der Waals surface area (Å²) >= 11 is 0. The second kappa shape index (κ2) is 10.2. The molecular weight excluding hydrogens is 330 g/mol. The van der Waals surface area contributed by atoms with Crippen LogP contribution < -0.4 is 0 Å². The van der Waals surface area contributed by atoms with Crippen LogP contribution >= 0.6 is 0 Å². The topological polar surface area (TPSA) is 23.5 Å². The summed E-state index contributed by atoms with van der Waals surface area (Å²) in [5.41, 5.74) is 4.12. The fraction of sp³-hybridized carbons (Fsp3) is 0.600. The Balaban J connectivity index is 1.92. The van der Waals surface area contributed by atoms with Crippen LogP contribution in [0.1, 0.15) is 88.1 Å². The molecule has 0 heterocycles. The standard InChI is InChI=1S/C25H37NO/c1-3-5-11-17-26(18-12-6-4-2)25(27)24-19-20-13-7-8-14-21(20)22-15-9-10-16-23(22)24/h9-10,15-16,19,25,27H,3-8,11-14,17-18H2,1-2H3/t25-/m1/s1. The number of benzene rings is 2. The molecule has 1 N–H and O–H groups in total. The molecule has 3 rings (SSSR count). The van der Waals surface area contributed by atoms with Gasteiger partial charge in [0.15, 0.2) is 0 Å². The Kier molecular flexibility index (Phi) is 7.72. The van der Waals surface area contributed by atoms with E-state index in [0.717, 1.165) is 25.1 Å². The largest absolute Gasteiger partial charge is 0.374 e. The number of nitrogens with zero attached hydrogens (tertiary/aromatic N) is 1. The van der Waals surface area contributed by atoms with E-state index in [1.165, 1.54) is 79.7 Å². The van der Waals surface area contributed by atoms with Crippen LogP contribution in [0.5, 0.6) is 0 Å². The van der Waals surface area contributed by atoms with Crippen molar-refractivity contribution >= 4 is 10.8 Å². The minimum atomic E-state index is -0.490. The monoisotopic (exact) mass is 367 g/mol. The van der Waals surface area contributed by atoms with Gasteiger partial charge in [-0.15, -0.1) is 0 Å². The van der Waals surface area contributed by atoms with Crippen molar-refractivity contribution in [1.82, 2.24) is 4.90 Å². The highest BCUT2D eigenvalue weighted by Gasteiger charge is 2.22. The van der Waals surface area contributed by atoms with Crippen LogP contribution in [-0.4, -0.2) is 23.1 Å². The van der Waals surface area contributed by atoms with E-state index in [2.05, 4.69) is 49.1 Å². The summed E-state index contributed by atoms with van der Waals surface area (Å²) in [5, 5.41) is 14.0. The number of rotatable bonds is 10. The van der Waals surface area contributed by atoms with E-state index in [1.54, 1.807) is 0 Å². The molecule has 0 bridgehead atoms. The summed E-state index contributed by atoms with van der Waals surface area (Å²) in [7, 11) is 0. The van der Waals surface area contributed by atoms with Crippen LogP contribution in [0, 0.1) is 0 Å². The van der Waals surface area contributed by atoms with E-state index in [1.807, 2.05) is 0 Å². The lowest BCUT2D eigenvalue weighted by Gasteiger charge is -2.30. The van der Waals surface area contributed by atoms with Crippen LogP contribution in [0.4, 0.5) is 0 Å². The molecule has 1 atom stereocenters. The Morgan fingerprint density at radius 3 is 2.19 bits per heavy atom. The van der Waals surface area contributed by atoms with E-state index in [9.17, 15) is 5.11 Å². The molecular formula is C25H37NO. The van der Waals surface area contributed by atoms with Crippen molar-refractivity contribution in [2.45, 2.75) is 84.3 Å². The molecule has 0 amide bonds. The molecule has 148 valence electrons. The summed E-state index contributed by atoms with van der Waals surface area (Å²) in [6, 6.07) is 11.1. The zero-order valence-corrected chi connectivity index (χ0v) is 17.3. The van der Waals surface area contributed by atoms with Crippen molar-refractivity contribution in [1.29, 1.82) is 0 Å². The Labute approximate surface area is 165 Å². The van der Waals surface area contributed by atoms with Gasteiger partial charge in [-0.25, -0.2) is 0 Å². The van der Waals surface area contributed by atoms with Gasteiger partial charge in [0.05, 0.1) is 0 Å². The van der Waals surface area contributed by atoms with Gasteiger partial charge in [0.1, 0.15) is 6.23 Å². The summed E-state index contributed by atoms with van der Waals surface area (Å²) in [6.07, 6.45) is 11.7. The van der Waals surface area contributed by atoms with Gasteiger partial charge in [0, 0.05) is 18.7 Å². The Morgan fingerprint density at radius 1 is 0.889 bits per heavy atom. The molecule has 2 nitrogen and oxygen atoms in total. The predicted molar refractivity (Wildman–Crippen MR) is 116 cm³/mol. The maximum absolute atomic E-state index is 11.4. The second-order valence-corrected chi connectivity index (χ2v) is 8.18. The maximum Gasteiger partial charge on any atom is 0.134 e. The highest BCUT2D eigenvalue weighted by Crippen LogP contribution is 2.35. The number of fused-ring (bicyclic) bond motifs is 3. The van der Waals surface area contributed by atoms with Crippen molar-refractivity contribution < 1.29 is 5.11 Å². The molecule has 2 heteroatoms. The van der Waals surface area contributed by atoms with Crippen LogP contribution in [0.15, 0.2) is 30.3 Å². The van der Waals surface area contributed by atoms with E-state index in [-0.39, 0.29) is 0 Å². The summed E-state index contributed by atoms with van der Waals surface area (Å²) in [5.74, 6) is 0. The molecule has 0 spiro atoms.